The molecule has 0 radical (unpaired) electrons. The van der Waals surface area contributed by atoms with Crippen LogP contribution in [0.4, 0.5) is 13.2 Å². The molecule has 2 rings (SSSR count). The molecular weight excluding hydrogens is 241 g/mol. The van der Waals surface area contributed by atoms with Crippen LogP contribution in [0.25, 0.3) is 0 Å². The highest BCUT2D eigenvalue weighted by Gasteiger charge is 2.34. The Labute approximate surface area is 106 Å². The molecule has 0 amide bonds. The van der Waals surface area contributed by atoms with Crippen molar-refractivity contribution in [2.24, 2.45) is 0 Å². The van der Waals surface area contributed by atoms with E-state index in [1.807, 2.05) is 0 Å². The van der Waals surface area contributed by atoms with E-state index in [0.29, 0.717) is 13.1 Å². The Morgan fingerprint density at radius 2 is 2.06 bits per heavy atom. The normalized spacial score (nSPS) is 22.1. The lowest BCUT2D eigenvalue weighted by atomic mass is 10.1. The van der Waals surface area contributed by atoms with Gasteiger partial charge in [-0.2, -0.15) is 13.2 Å². The summed E-state index contributed by atoms with van der Waals surface area (Å²) >= 11 is 0. The lowest BCUT2D eigenvalue weighted by Gasteiger charge is -2.27. The number of nitrogens with one attached hydrogen (secondary N) is 1. The highest BCUT2D eigenvalue weighted by Crippen LogP contribution is 2.30. The zero-order valence-electron chi connectivity index (χ0n) is 10.6. The maximum atomic E-state index is 12.4. The van der Waals surface area contributed by atoms with Gasteiger partial charge in [-0.1, -0.05) is 6.08 Å². The zero-order chi connectivity index (χ0) is 13.0. The average Bonchev–Trinajstić information content (AvgIpc) is 3.12. The third kappa shape index (κ3) is 4.61. The van der Waals surface area contributed by atoms with Gasteiger partial charge >= 0.3 is 6.18 Å². The minimum Gasteiger partial charge on any atom is -0.314 e. The number of hydrogen-bond donors (Lipinski definition) is 1. The van der Waals surface area contributed by atoms with Crippen LogP contribution >= 0.6 is 0 Å². The maximum Gasteiger partial charge on any atom is 0.412 e. The van der Waals surface area contributed by atoms with Crippen LogP contribution in [0.5, 0.6) is 0 Å². The smallest absolute Gasteiger partial charge is 0.314 e. The van der Waals surface area contributed by atoms with Crippen LogP contribution in [0.3, 0.4) is 0 Å². The van der Waals surface area contributed by atoms with Crippen molar-refractivity contribution in [3.05, 3.63) is 11.6 Å². The lowest BCUT2D eigenvalue weighted by Crippen LogP contribution is -2.33. The molecule has 2 aliphatic rings. The van der Waals surface area contributed by atoms with Crippen LogP contribution in [0.1, 0.15) is 32.1 Å². The highest BCUT2D eigenvalue weighted by molar-refractivity contribution is 5.12. The lowest BCUT2D eigenvalue weighted by molar-refractivity contribution is -0.0960. The molecule has 1 aliphatic carbocycles. The van der Waals surface area contributed by atoms with Gasteiger partial charge in [0.25, 0.3) is 0 Å². The molecule has 1 heterocycles. The highest BCUT2D eigenvalue weighted by atomic mass is 19.4. The summed E-state index contributed by atoms with van der Waals surface area (Å²) in [5.41, 5.74) is -0.353. The van der Waals surface area contributed by atoms with Gasteiger partial charge in [0.15, 0.2) is 0 Å². The third-order valence-electron chi connectivity index (χ3n) is 3.57. The van der Waals surface area contributed by atoms with Crippen molar-refractivity contribution in [1.29, 1.82) is 0 Å². The van der Waals surface area contributed by atoms with E-state index < -0.39 is 6.18 Å². The van der Waals surface area contributed by atoms with Crippen LogP contribution in [0.15, 0.2) is 11.6 Å². The first-order chi connectivity index (χ1) is 8.55. The van der Waals surface area contributed by atoms with Crippen LogP contribution in [0.2, 0.25) is 0 Å². The second-order valence-electron chi connectivity index (χ2n) is 5.21. The number of hydrogen-bond acceptors (Lipinski definition) is 2. The van der Waals surface area contributed by atoms with Crippen LogP contribution < -0.4 is 5.32 Å². The van der Waals surface area contributed by atoms with Gasteiger partial charge in [-0.05, 0) is 45.2 Å². The van der Waals surface area contributed by atoms with Crippen molar-refractivity contribution in [2.45, 2.75) is 44.3 Å². The molecule has 5 heteroatoms. The molecule has 1 aliphatic heterocycles. The van der Waals surface area contributed by atoms with Crippen molar-refractivity contribution < 1.29 is 13.2 Å². The SMILES string of the molecule is FC(F)(F)C1=CCN(CCCCNC2CC2)CC1. The van der Waals surface area contributed by atoms with Crippen molar-refractivity contribution >= 4 is 0 Å². The summed E-state index contributed by atoms with van der Waals surface area (Å²) in [7, 11) is 0. The van der Waals surface area contributed by atoms with Crippen LogP contribution in [-0.2, 0) is 0 Å². The summed E-state index contributed by atoms with van der Waals surface area (Å²) in [5, 5.41) is 3.44. The van der Waals surface area contributed by atoms with Gasteiger partial charge in [0.05, 0.1) is 0 Å². The number of nitrogens with zero attached hydrogens (tertiary/aromatic N) is 1. The van der Waals surface area contributed by atoms with Gasteiger partial charge in [0, 0.05) is 24.7 Å². The van der Waals surface area contributed by atoms with Crippen molar-refractivity contribution in [2.75, 3.05) is 26.2 Å². The first-order valence-corrected chi connectivity index (χ1v) is 6.77. The van der Waals surface area contributed by atoms with Gasteiger partial charge in [0.2, 0.25) is 0 Å². The van der Waals surface area contributed by atoms with Crippen molar-refractivity contribution in [1.82, 2.24) is 10.2 Å². The van der Waals surface area contributed by atoms with Gasteiger partial charge in [-0.25, -0.2) is 0 Å². The summed E-state index contributed by atoms with van der Waals surface area (Å²) in [4.78, 5) is 2.10. The first kappa shape index (κ1) is 13.9. The topological polar surface area (TPSA) is 15.3 Å². The fourth-order valence-electron chi connectivity index (χ4n) is 2.23. The Balaban J connectivity index is 1.56. The maximum absolute atomic E-state index is 12.4. The van der Waals surface area contributed by atoms with Crippen molar-refractivity contribution in [3.8, 4) is 0 Å². The molecule has 0 atom stereocenters. The first-order valence-electron chi connectivity index (χ1n) is 6.77. The Kier molecular flexibility index (Phi) is 4.67. The molecule has 0 saturated heterocycles. The van der Waals surface area contributed by atoms with Crippen molar-refractivity contribution in [3.63, 3.8) is 0 Å². The molecule has 0 bridgehead atoms. The molecule has 0 unspecified atom stereocenters. The average molecular weight is 262 g/mol. The molecule has 104 valence electrons. The quantitative estimate of drug-likeness (QED) is 0.585. The predicted molar refractivity (Wildman–Crippen MR) is 65.5 cm³/mol. The largest absolute Gasteiger partial charge is 0.412 e. The van der Waals surface area contributed by atoms with Gasteiger partial charge in [-0.3, -0.25) is 4.90 Å². The molecule has 0 aromatic heterocycles. The summed E-state index contributed by atoms with van der Waals surface area (Å²) in [6.07, 6.45) is 2.14. The van der Waals surface area contributed by atoms with E-state index in [9.17, 15) is 13.2 Å². The molecule has 0 aromatic carbocycles. The molecule has 1 fully saturated rings. The fraction of sp³-hybridized carbons (Fsp3) is 0.846. The summed E-state index contributed by atoms with van der Waals surface area (Å²) in [6.45, 7) is 2.95. The van der Waals surface area contributed by atoms with Crippen LogP contribution in [0, 0.1) is 0 Å². The van der Waals surface area contributed by atoms with E-state index in [-0.39, 0.29) is 12.0 Å². The zero-order valence-corrected chi connectivity index (χ0v) is 10.6. The van der Waals surface area contributed by atoms with Gasteiger partial charge in [-0.15, -0.1) is 0 Å². The van der Waals surface area contributed by atoms with E-state index in [1.54, 1.807) is 0 Å². The van der Waals surface area contributed by atoms with Gasteiger partial charge < -0.3 is 5.32 Å². The minimum absolute atomic E-state index is 0.143. The standard InChI is InChI=1S/C13H21F3N2/c14-13(15,16)11-5-9-18(10-6-11)8-2-1-7-17-12-3-4-12/h5,12,17H,1-4,6-10H2. The van der Waals surface area contributed by atoms with E-state index >= 15 is 0 Å². The van der Waals surface area contributed by atoms with E-state index in [0.717, 1.165) is 32.0 Å². The second kappa shape index (κ2) is 6.06. The summed E-state index contributed by atoms with van der Waals surface area (Å²) < 4.78 is 37.2. The molecular formula is C13H21F3N2. The Hall–Kier alpha value is -0.550. The Morgan fingerprint density at radius 1 is 1.28 bits per heavy atom. The molecule has 18 heavy (non-hydrogen) atoms. The number of halogens is 3. The summed E-state index contributed by atoms with van der Waals surface area (Å²) in [5.74, 6) is 0. The minimum atomic E-state index is -4.12. The summed E-state index contributed by atoms with van der Waals surface area (Å²) in [6, 6.07) is 0.747. The van der Waals surface area contributed by atoms with Crippen LogP contribution in [-0.4, -0.2) is 43.3 Å². The van der Waals surface area contributed by atoms with E-state index in [4.69, 9.17) is 0 Å². The second-order valence-corrected chi connectivity index (χ2v) is 5.21. The van der Waals surface area contributed by atoms with E-state index in [2.05, 4.69) is 10.2 Å². The molecule has 1 N–H and O–H groups in total. The molecule has 2 nitrogen and oxygen atoms in total. The Morgan fingerprint density at radius 3 is 2.61 bits per heavy atom. The number of alkyl halides is 3. The number of unbranched alkanes of at least 4 members (excludes halogenated alkanes) is 1. The molecule has 1 saturated carbocycles. The predicted octanol–water partition coefficient (Wildman–Crippen LogP) is 2.71. The monoisotopic (exact) mass is 262 g/mol. The Bertz CT molecular complexity index is 295. The molecule has 0 spiro atoms. The third-order valence-corrected chi connectivity index (χ3v) is 3.57. The van der Waals surface area contributed by atoms with Gasteiger partial charge in [0.1, 0.15) is 0 Å². The van der Waals surface area contributed by atoms with E-state index in [1.165, 1.54) is 18.9 Å². The molecule has 0 aromatic rings. The fourth-order valence-corrected chi connectivity index (χ4v) is 2.23. The number of rotatable bonds is 6.